The third kappa shape index (κ3) is 4.56. The van der Waals surface area contributed by atoms with Crippen LogP contribution in [0.25, 0.3) is 11.3 Å². The molecular formula is C23H18F3N3O3. The first kappa shape index (κ1) is 21.4. The number of hydrogen-bond donors (Lipinski definition) is 2. The fourth-order valence-corrected chi connectivity index (χ4v) is 3.59. The second kappa shape index (κ2) is 8.70. The molecule has 3 aromatic rings. The molecule has 2 amide bonds. The zero-order valence-corrected chi connectivity index (χ0v) is 16.6. The van der Waals surface area contributed by atoms with E-state index in [4.69, 9.17) is 4.42 Å². The van der Waals surface area contributed by atoms with Gasteiger partial charge in [-0.25, -0.2) is 5.43 Å². The normalized spacial score (nSPS) is 18.7. The number of halogens is 3. The van der Waals surface area contributed by atoms with Crippen LogP contribution in [0.1, 0.15) is 22.8 Å². The summed E-state index contributed by atoms with van der Waals surface area (Å²) in [5.41, 5.74) is 2.69. The highest BCUT2D eigenvalue weighted by molar-refractivity contribution is 6.03. The van der Waals surface area contributed by atoms with E-state index >= 15 is 0 Å². The Kier molecular flexibility index (Phi) is 5.81. The Balaban J connectivity index is 1.43. The highest BCUT2D eigenvalue weighted by Gasteiger charge is 2.41. The molecule has 1 fully saturated rings. The predicted molar refractivity (Wildman–Crippen MR) is 111 cm³/mol. The molecule has 1 aliphatic rings. The number of furan rings is 1. The molecule has 1 aliphatic heterocycles. The molecule has 2 N–H and O–H groups in total. The van der Waals surface area contributed by atoms with Crippen molar-refractivity contribution < 1.29 is 27.2 Å². The maximum absolute atomic E-state index is 12.9. The third-order valence-corrected chi connectivity index (χ3v) is 5.16. The molecule has 1 saturated heterocycles. The van der Waals surface area contributed by atoms with Gasteiger partial charge in [0.15, 0.2) is 0 Å². The molecule has 0 radical (unpaired) electrons. The van der Waals surface area contributed by atoms with Gasteiger partial charge in [-0.05, 0) is 29.8 Å². The van der Waals surface area contributed by atoms with E-state index < -0.39 is 23.6 Å². The molecule has 9 heteroatoms. The summed E-state index contributed by atoms with van der Waals surface area (Å²) < 4.78 is 44.2. The molecule has 4 rings (SSSR count). The number of hydrogen-bond acceptors (Lipinski definition) is 4. The molecule has 0 aliphatic carbocycles. The van der Waals surface area contributed by atoms with Crippen LogP contribution >= 0.6 is 0 Å². The number of hydrazone groups is 1. The van der Waals surface area contributed by atoms with E-state index in [2.05, 4.69) is 15.8 Å². The van der Waals surface area contributed by atoms with Gasteiger partial charge in [0.05, 0.1) is 11.8 Å². The van der Waals surface area contributed by atoms with Crippen LogP contribution in [-0.4, -0.2) is 24.6 Å². The van der Waals surface area contributed by atoms with Crippen LogP contribution in [0, 0.1) is 5.92 Å². The van der Waals surface area contributed by atoms with E-state index in [1.165, 1.54) is 30.5 Å². The number of carbonyl (C=O) groups is 2. The number of benzene rings is 2. The molecule has 32 heavy (non-hydrogen) atoms. The predicted octanol–water partition coefficient (Wildman–Crippen LogP) is 3.95. The summed E-state index contributed by atoms with van der Waals surface area (Å²) in [5.74, 6) is -1.72. The largest absolute Gasteiger partial charge is 0.455 e. The molecule has 2 unspecified atom stereocenters. The van der Waals surface area contributed by atoms with E-state index in [1.807, 2.05) is 30.3 Å². The van der Waals surface area contributed by atoms with Gasteiger partial charge in [0.1, 0.15) is 17.4 Å². The quantitative estimate of drug-likeness (QED) is 0.357. The van der Waals surface area contributed by atoms with Crippen molar-refractivity contribution in [3.8, 4) is 11.3 Å². The Morgan fingerprint density at radius 3 is 2.62 bits per heavy atom. The molecule has 164 valence electrons. The van der Waals surface area contributed by atoms with Crippen LogP contribution in [0.15, 0.2) is 76.2 Å². The van der Waals surface area contributed by atoms with Gasteiger partial charge in [-0.2, -0.15) is 18.3 Å². The summed E-state index contributed by atoms with van der Waals surface area (Å²) in [6, 6.07) is 17.0. The van der Waals surface area contributed by atoms with Crippen molar-refractivity contribution in [1.29, 1.82) is 0 Å². The van der Waals surface area contributed by atoms with Gasteiger partial charge in [0, 0.05) is 18.0 Å². The van der Waals surface area contributed by atoms with Gasteiger partial charge in [0.25, 0.3) is 5.91 Å². The highest BCUT2D eigenvalue weighted by atomic mass is 19.4. The minimum absolute atomic E-state index is 0.225. The molecule has 0 bridgehead atoms. The summed E-state index contributed by atoms with van der Waals surface area (Å²) >= 11 is 0. The van der Waals surface area contributed by atoms with E-state index in [9.17, 15) is 22.8 Å². The summed E-state index contributed by atoms with van der Waals surface area (Å²) in [7, 11) is 0. The molecule has 2 heterocycles. The topological polar surface area (TPSA) is 83.7 Å². The Morgan fingerprint density at radius 1 is 1.09 bits per heavy atom. The number of rotatable bonds is 5. The lowest BCUT2D eigenvalue weighted by atomic mass is 9.88. The van der Waals surface area contributed by atoms with Gasteiger partial charge < -0.3 is 9.73 Å². The van der Waals surface area contributed by atoms with E-state index in [-0.39, 0.29) is 28.9 Å². The highest BCUT2D eigenvalue weighted by Crippen LogP contribution is 2.32. The van der Waals surface area contributed by atoms with Crippen LogP contribution in [-0.2, 0) is 15.8 Å². The monoisotopic (exact) mass is 441 g/mol. The smallest absolute Gasteiger partial charge is 0.416 e. The Hall–Kier alpha value is -3.88. The second-order valence-corrected chi connectivity index (χ2v) is 7.25. The Bertz CT molecular complexity index is 1160. The summed E-state index contributed by atoms with van der Waals surface area (Å²) in [5, 5.41) is 6.53. The first-order chi connectivity index (χ1) is 15.3. The number of amides is 2. The summed E-state index contributed by atoms with van der Waals surface area (Å²) in [6.45, 7) is 0.350. The molecule has 0 saturated carbocycles. The number of carbonyl (C=O) groups excluding carboxylic acids is 2. The van der Waals surface area contributed by atoms with Crippen molar-refractivity contribution in [1.82, 2.24) is 10.7 Å². The van der Waals surface area contributed by atoms with Crippen molar-refractivity contribution in [2.24, 2.45) is 11.0 Å². The van der Waals surface area contributed by atoms with E-state index in [0.717, 1.165) is 17.7 Å². The maximum atomic E-state index is 12.9. The number of nitrogens with one attached hydrogen (secondary N) is 2. The lowest BCUT2D eigenvalue weighted by Gasteiger charge is -2.15. The minimum Gasteiger partial charge on any atom is -0.455 e. The van der Waals surface area contributed by atoms with Crippen molar-refractivity contribution in [2.75, 3.05) is 6.54 Å². The van der Waals surface area contributed by atoms with Crippen molar-refractivity contribution >= 4 is 18.0 Å². The first-order valence-electron chi connectivity index (χ1n) is 9.76. The van der Waals surface area contributed by atoms with Gasteiger partial charge in [-0.3, -0.25) is 9.59 Å². The van der Waals surface area contributed by atoms with Crippen molar-refractivity contribution in [3.63, 3.8) is 0 Å². The third-order valence-electron chi connectivity index (χ3n) is 5.16. The van der Waals surface area contributed by atoms with Gasteiger partial charge >= 0.3 is 6.18 Å². The molecular weight excluding hydrogens is 423 g/mol. The lowest BCUT2D eigenvalue weighted by Crippen LogP contribution is -2.34. The van der Waals surface area contributed by atoms with E-state index in [1.54, 1.807) is 0 Å². The van der Waals surface area contributed by atoms with E-state index in [0.29, 0.717) is 6.54 Å². The molecule has 2 atom stereocenters. The summed E-state index contributed by atoms with van der Waals surface area (Å²) in [6.07, 6.45) is -3.24. The molecule has 1 aromatic heterocycles. The van der Waals surface area contributed by atoms with Crippen molar-refractivity contribution in [3.05, 3.63) is 83.6 Å². The van der Waals surface area contributed by atoms with Crippen LogP contribution < -0.4 is 10.7 Å². The maximum Gasteiger partial charge on any atom is 0.416 e. The van der Waals surface area contributed by atoms with Crippen LogP contribution in [0.3, 0.4) is 0 Å². The Morgan fingerprint density at radius 2 is 1.88 bits per heavy atom. The molecule has 6 nitrogen and oxygen atoms in total. The zero-order chi connectivity index (χ0) is 22.7. The van der Waals surface area contributed by atoms with Crippen LogP contribution in [0.4, 0.5) is 13.2 Å². The number of alkyl halides is 3. The average molecular weight is 441 g/mol. The van der Waals surface area contributed by atoms with Gasteiger partial charge in [0.2, 0.25) is 5.91 Å². The minimum atomic E-state index is -4.46. The average Bonchev–Trinajstić information content (AvgIpc) is 3.40. The van der Waals surface area contributed by atoms with Crippen LogP contribution in [0.5, 0.6) is 0 Å². The lowest BCUT2D eigenvalue weighted by molar-refractivity contribution is -0.137. The molecule has 2 aromatic carbocycles. The SMILES string of the molecule is O=C1NCC(c2ccccc2)C1C(=O)NN=Cc1ccc(-c2cccc(C(F)(F)F)c2)o1. The first-order valence-corrected chi connectivity index (χ1v) is 9.76. The second-order valence-electron chi connectivity index (χ2n) is 7.25. The van der Waals surface area contributed by atoms with Gasteiger partial charge in [-0.1, -0.05) is 42.5 Å². The summed E-state index contributed by atoms with van der Waals surface area (Å²) in [4.78, 5) is 24.7. The van der Waals surface area contributed by atoms with Gasteiger partial charge in [-0.15, -0.1) is 0 Å². The molecule has 0 spiro atoms. The fraction of sp³-hybridized carbons (Fsp3) is 0.174. The zero-order valence-electron chi connectivity index (χ0n) is 16.6. The van der Waals surface area contributed by atoms with Crippen molar-refractivity contribution in [2.45, 2.75) is 12.1 Å². The van der Waals surface area contributed by atoms with Crippen LogP contribution in [0.2, 0.25) is 0 Å². The standard InChI is InChI=1S/C23H18F3N3O3/c24-23(25,26)16-8-4-7-15(11-16)19-10-9-17(32-19)12-28-29-22(31)20-18(13-27-21(20)30)14-5-2-1-3-6-14/h1-12,18,20H,13H2,(H,27,30)(H,29,31). The fourth-order valence-electron chi connectivity index (χ4n) is 3.59. The number of nitrogens with zero attached hydrogens (tertiary/aromatic N) is 1. The Labute approximate surface area is 181 Å².